The van der Waals surface area contributed by atoms with E-state index in [1.165, 1.54) is 62.7 Å². The Morgan fingerprint density at radius 2 is 1.67 bits per heavy atom. The monoisotopic (exact) mass is 351 g/mol. The van der Waals surface area contributed by atoms with Crippen molar-refractivity contribution < 1.29 is 10.2 Å². The Balaban J connectivity index is 2.13. The van der Waals surface area contributed by atoms with Crippen LogP contribution in [0.1, 0.15) is 87.0 Å². The van der Waals surface area contributed by atoms with Crippen molar-refractivity contribution in [3.63, 3.8) is 0 Å². The van der Waals surface area contributed by atoms with Crippen molar-refractivity contribution in [1.82, 2.24) is 0 Å². The predicted octanol–water partition coefficient (Wildman–Crippen LogP) is 4.37. The van der Waals surface area contributed by atoms with Gasteiger partial charge in [-0.1, -0.05) is 70.1 Å². The van der Waals surface area contributed by atoms with Gasteiger partial charge in [-0.15, -0.1) is 11.3 Å². The highest BCUT2D eigenvalue weighted by Crippen LogP contribution is 2.24. The molecule has 0 amide bonds. The topological polar surface area (TPSA) is 66.5 Å². The molecule has 3 nitrogen and oxygen atoms in total. The van der Waals surface area contributed by atoms with E-state index in [1.807, 2.05) is 12.1 Å². The average Bonchev–Trinajstić information content (AvgIpc) is 3.07. The van der Waals surface area contributed by atoms with Crippen LogP contribution in [0.5, 0.6) is 0 Å². The third-order valence-electron chi connectivity index (χ3n) is 4.15. The molecule has 0 bridgehead atoms. The van der Waals surface area contributed by atoms with Gasteiger partial charge in [0, 0.05) is 11.3 Å². The van der Waals surface area contributed by atoms with Gasteiger partial charge >= 0.3 is 0 Å². The molecule has 2 unspecified atom stereocenters. The van der Waals surface area contributed by atoms with Crippen molar-refractivity contribution in [2.75, 3.05) is 6.61 Å². The van der Waals surface area contributed by atoms with Crippen molar-refractivity contribution in [2.45, 2.75) is 83.3 Å². The van der Waals surface area contributed by atoms with E-state index >= 15 is 0 Å². The summed E-state index contributed by atoms with van der Waals surface area (Å²) < 4.78 is 0. The minimum Gasteiger partial charge on any atom is -0.395 e. The molecule has 4 N–H and O–H groups in total. The first-order chi connectivity index (χ1) is 11.7. The Hall–Kier alpha value is -0.860. The van der Waals surface area contributed by atoms with E-state index in [9.17, 15) is 5.11 Å². The highest BCUT2D eigenvalue weighted by Gasteiger charge is 2.17. The Kier molecular flexibility index (Phi) is 11.9. The number of hydrogen-bond acceptors (Lipinski definition) is 4. The van der Waals surface area contributed by atoms with Crippen LogP contribution in [0.2, 0.25) is 0 Å². The summed E-state index contributed by atoms with van der Waals surface area (Å²) in [5, 5.41) is 18.9. The van der Waals surface area contributed by atoms with Gasteiger partial charge in [0.1, 0.15) is 6.10 Å². The number of rotatable bonds is 12. The van der Waals surface area contributed by atoms with Crippen LogP contribution < -0.4 is 5.73 Å². The smallest absolute Gasteiger partial charge is 0.105 e. The molecule has 0 saturated carbocycles. The van der Waals surface area contributed by atoms with Crippen LogP contribution in [-0.4, -0.2) is 22.9 Å². The Morgan fingerprint density at radius 1 is 1.04 bits per heavy atom. The highest BCUT2D eigenvalue weighted by molar-refractivity contribution is 7.12. The van der Waals surface area contributed by atoms with Crippen LogP contribution >= 0.6 is 11.3 Å². The van der Waals surface area contributed by atoms with Crippen LogP contribution in [-0.2, 0) is 0 Å². The summed E-state index contributed by atoms with van der Waals surface area (Å²) >= 11 is 1.45. The van der Waals surface area contributed by atoms with Crippen molar-refractivity contribution in [2.24, 2.45) is 5.73 Å². The van der Waals surface area contributed by atoms with Crippen LogP contribution in [0.15, 0.2) is 12.1 Å². The first-order valence-corrected chi connectivity index (χ1v) is 10.1. The first-order valence-electron chi connectivity index (χ1n) is 9.32. The summed E-state index contributed by atoms with van der Waals surface area (Å²) in [5.41, 5.74) is 5.64. The van der Waals surface area contributed by atoms with Gasteiger partial charge in [-0.25, -0.2) is 0 Å². The second-order valence-corrected chi connectivity index (χ2v) is 7.49. The molecule has 1 aromatic heterocycles. The SMILES string of the molecule is CCCCCCCCCCCC#Cc1ccc(C(O)C(N)CO)s1. The lowest BCUT2D eigenvalue weighted by atomic mass is 10.1. The Bertz CT molecular complexity index is 489. The molecule has 0 aromatic carbocycles. The maximum Gasteiger partial charge on any atom is 0.105 e. The molecule has 0 radical (unpaired) electrons. The predicted molar refractivity (Wildman–Crippen MR) is 103 cm³/mol. The van der Waals surface area contributed by atoms with Gasteiger partial charge in [0.15, 0.2) is 0 Å². The zero-order valence-electron chi connectivity index (χ0n) is 15.0. The minimum absolute atomic E-state index is 0.224. The average molecular weight is 352 g/mol. The van der Waals surface area contributed by atoms with Crippen molar-refractivity contribution in [1.29, 1.82) is 0 Å². The van der Waals surface area contributed by atoms with Crippen molar-refractivity contribution in [3.8, 4) is 11.8 Å². The van der Waals surface area contributed by atoms with Gasteiger partial charge in [0.25, 0.3) is 0 Å². The molecule has 136 valence electrons. The highest BCUT2D eigenvalue weighted by atomic mass is 32.1. The number of unbranched alkanes of at least 4 members (excludes halogenated alkanes) is 9. The Labute approximate surface area is 151 Å². The molecule has 1 rings (SSSR count). The van der Waals surface area contributed by atoms with Crippen LogP contribution in [0.3, 0.4) is 0 Å². The van der Waals surface area contributed by atoms with Gasteiger partial charge in [-0.3, -0.25) is 0 Å². The molecule has 0 spiro atoms. The van der Waals surface area contributed by atoms with Gasteiger partial charge in [0.05, 0.1) is 17.5 Å². The fourth-order valence-electron chi connectivity index (χ4n) is 2.56. The maximum absolute atomic E-state index is 9.94. The second kappa shape index (κ2) is 13.4. The van der Waals surface area contributed by atoms with Gasteiger partial charge in [0.2, 0.25) is 0 Å². The van der Waals surface area contributed by atoms with E-state index in [0.717, 1.165) is 22.6 Å². The van der Waals surface area contributed by atoms with Crippen molar-refractivity contribution >= 4 is 11.3 Å². The quantitative estimate of drug-likeness (QED) is 0.387. The maximum atomic E-state index is 9.94. The molecule has 1 aromatic rings. The van der Waals surface area contributed by atoms with E-state index in [-0.39, 0.29) is 6.61 Å². The fraction of sp³-hybridized carbons (Fsp3) is 0.700. The third kappa shape index (κ3) is 8.84. The molecule has 0 aliphatic rings. The number of hydrogen-bond donors (Lipinski definition) is 3. The summed E-state index contributed by atoms with van der Waals surface area (Å²) in [5.74, 6) is 6.37. The van der Waals surface area contributed by atoms with E-state index in [1.54, 1.807) is 0 Å². The first kappa shape index (κ1) is 21.2. The standard InChI is InChI=1S/C20H33NO2S/c1-2-3-4-5-6-7-8-9-10-11-12-13-17-14-15-19(24-17)20(23)18(21)16-22/h14-15,18,20,22-23H,2-11,16,21H2,1H3. The van der Waals surface area contributed by atoms with E-state index in [2.05, 4.69) is 18.8 Å². The number of thiophene rings is 1. The summed E-state index contributed by atoms with van der Waals surface area (Å²) in [6, 6.07) is 3.12. The zero-order valence-corrected chi connectivity index (χ0v) is 15.8. The van der Waals surface area contributed by atoms with Gasteiger partial charge in [-0.05, 0) is 18.6 Å². The second-order valence-electron chi connectivity index (χ2n) is 6.37. The lowest BCUT2D eigenvalue weighted by Gasteiger charge is -2.14. The zero-order chi connectivity index (χ0) is 17.6. The molecule has 2 atom stereocenters. The van der Waals surface area contributed by atoms with E-state index in [4.69, 9.17) is 10.8 Å². The lowest BCUT2D eigenvalue weighted by molar-refractivity contribution is 0.112. The fourth-order valence-corrected chi connectivity index (χ4v) is 3.51. The Morgan fingerprint density at radius 3 is 2.29 bits per heavy atom. The lowest BCUT2D eigenvalue weighted by Crippen LogP contribution is -2.31. The number of nitrogens with two attached hydrogens (primary N) is 1. The molecule has 1 heterocycles. The molecule has 4 heteroatoms. The number of aliphatic hydroxyl groups is 2. The van der Waals surface area contributed by atoms with Crippen LogP contribution in [0, 0.1) is 11.8 Å². The van der Waals surface area contributed by atoms with Crippen molar-refractivity contribution in [3.05, 3.63) is 21.9 Å². The molecule has 0 saturated heterocycles. The van der Waals surface area contributed by atoms with E-state index < -0.39 is 12.1 Å². The van der Waals surface area contributed by atoms with Crippen LogP contribution in [0.4, 0.5) is 0 Å². The third-order valence-corrected chi connectivity index (χ3v) is 5.22. The van der Waals surface area contributed by atoms with Gasteiger partial charge < -0.3 is 15.9 Å². The molecular weight excluding hydrogens is 318 g/mol. The van der Waals surface area contributed by atoms with Crippen LogP contribution in [0.25, 0.3) is 0 Å². The molecule has 0 aliphatic carbocycles. The summed E-state index contributed by atoms with van der Waals surface area (Å²) in [6.45, 7) is 2.03. The van der Waals surface area contributed by atoms with Gasteiger partial charge in [-0.2, -0.15) is 0 Å². The molecular formula is C20H33NO2S. The number of aliphatic hydroxyl groups excluding tert-OH is 2. The molecule has 0 fully saturated rings. The molecule has 24 heavy (non-hydrogen) atoms. The van der Waals surface area contributed by atoms with E-state index in [0.29, 0.717) is 0 Å². The largest absolute Gasteiger partial charge is 0.395 e. The summed E-state index contributed by atoms with van der Waals surface area (Å²) in [6.07, 6.45) is 12.1. The summed E-state index contributed by atoms with van der Waals surface area (Å²) in [4.78, 5) is 1.72. The summed E-state index contributed by atoms with van der Waals surface area (Å²) in [7, 11) is 0. The normalized spacial score (nSPS) is 13.3. The minimum atomic E-state index is -0.812. The molecule has 0 aliphatic heterocycles.